The van der Waals surface area contributed by atoms with E-state index >= 15 is 0 Å². The van der Waals surface area contributed by atoms with Gasteiger partial charge in [-0.3, -0.25) is 0 Å². The quantitative estimate of drug-likeness (QED) is 0.172. The molecule has 9 rings (SSSR count). The Morgan fingerprint density at radius 2 is 1.08 bits per heavy atom. The number of rotatable bonds is 6. The summed E-state index contributed by atoms with van der Waals surface area (Å²) >= 11 is 0. The molecule has 236 valence electrons. The van der Waals surface area contributed by atoms with E-state index in [1.807, 2.05) is 0 Å². The normalized spacial score (nSPS) is 17.1. The monoisotopic (exact) mass is 629 g/mol. The zero-order chi connectivity index (χ0) is 32.6. The van der Waals surface area contributed by atoms with Crippen LogP contribution in [0, 0.1) is 0 Å². The molecule has 2 aliphatic carbocycles. The van der Waals surface area contributed by atoms with Crippen LogP contribution in [0.1, 0.15) is 53.5 Å². The molecule has 49 heavy (non-hydrogen) atoms. The Labute approximate surface area is 289 Å². The van der Waals surface area contributed by atoms with E-state index in [2.05, 4.69) is 181 Å². The van der Waals surface area contributed by atoms with Crippen molar-refractivity contribution >= 4 is 22.7 Å². The summed E-state index contributed by atoms with van der Waals surface area (Å²) in [5.74, 6) is 0.761. The predicted octanol–water partition coefficient (Wildman–Crippen LogP) is 12.8. The summed E-state index contributed by atoms with van der Waals surface area (Å²) in [6.45, 7) is 0. The van der Waals surface area contributed by atoms with Crippen molar-refractivity contribution in [1.29, 1.82) is 0 Å². The summed E-state index contributed by atoms with van der Waals surface area (Å²) in [4.78, 5) is 0. The number of aromatic nitrogens is 1. The van der Waals surface area contributed by atoms with Crippen LogP contribution in [0.15, 0.2) is 170 Å². The smallest absolute Gasteiger partial charge is 0.0534 e. The highest BCUT2D eigenvalue weighted by Gasteiger charge is 2.26. The third kappa shape index (κ3) is 5.66. The van der Waals surface area contributed by atoms with Gasteiger partial charge in [0.2, 0.25) is 0 Å². The van der Waals surface area contributed by atoms with Gasteiger partial charge >= 0.3 is 0 Å². The second-order valence-electron chi connectivity index (χ2n) is 13.6. The van der Waals surface area contributed by atoms with E-state index in [1.165, 1.54) is 85.2 Å². The van der Waals surface area contributed by atoms with Gasteiger partial charge < -0.3 is 4.57 Å². The van der Waals surface area contributed by atoms with E-state index in [-0.39, 0.29) is 0 Å². The predicted molar refractivity (Wildman–Crippen MR) is 207 cm³/mol. The van der Waals surface area contributed by atoms with E-state index in [0.29, 0.717) is 11.8 Å². The van der Waals surface area contributed by atoms with Crippen molar-refractivity contribution in [2.45, 2.75) is 37.5 Å². The minimum absolute atomic E-state index is 0.317. The maximum Gasteiger partial charge on any atom is 0.0534 e. The van der Waals surface area contributed by atoms with Crippen molar-refractivity contribution in [3.63, 3.8) is 0 Å². The van der Waals surface area contributed by atoms with Crippen LogP contribution in [0.2, 0.25) is 0 Å². The van der Waals surface area contributed by atoms with E-state index in [4.69, 9.17) is 0 Å². The van der Waals surface area contributed by atoms with Crippen LogP contribution in [0.3, 0.4) is 0 Å². The number of allylic oxidation sites excluding steroid dienone is 3. The molecule has 7 aromatic rings. The van der Waals surface area contributed by atoms with Crippen molar-refractivity contribution in [3.8, 4) is 33.4 Å². The van der Waals surface area contributed by atoms with Gasteiger partial charge in [0.1, 0.15) is 0 Å². The van der Waals surface area contributed by atoms with Gasteiger partial charge in [0.15, 0.2) is 0 Å². The molecule has 1 nitrogen and oxygen atoms in total. The first-order valence-electron chi connectivity index (χ1n) is 17.7. The lowest BCUT2D eigenvalue weighted by molar-refractivity contribution is 0.649. The topological polar surface area (TPSA) is 4.93 Å². The number of fused-ring (bicyclic) bond motifs is 3. The Balaban J connectivity index is 1.17. The fraction of sp³-hybridized carbons (Fsp3) is 0.125. The highest BCUT2D eigenvalue weighted by atomic mass is 15.0. The zero-order valence-electron chi connectivity index (χ0n) is 27.7. The summed E-state index contributed by atoms with van der Waals surface area (Å²) in [7, 11) is 0. The third-order valence-corrected chi connectivity index (χ3v) is 10.6. The lowest BCUT2D eigenvalue weighted by Gasteiger charge is -2.25. The van der Waals surface area contributed by atoms with Crippen molar-refractivity contribution < 1.29 is 0 Å². The van der Waals surface area contributed by atoms with E-state index < -0.39 is 0 Å². The first kappa shape index (κ1) is 29.5. The average molecular weight is 630 g/mol. The maximum atomic E-state index is 2.59. The van der Waals surface area contributed by atoms with Crippen LogP contribution in [0.4, 0.5) is 0 Å². The number of hydrogen-bond donors (Lipinski definition) is 0. The Bertz CT molecular complexity index is 2320. The molecule has 2 aliphatic rings. The van der Waals surface area contributed by atoms with Crippen LogP contribution in [-0.2, 0) is 6.42 Å². The van der Waals surface area contributed by atoms with Crippen molar-refractivity contribution in [3.05, 3.63) is 192 Å². The minimum atomic E-state index is 0.317. The fourth-order valence-corrected chi connectivity index (χ4v) is 8.12. The lowest BCUT2D eigenvalue weighted by Crippen LogP contribution is -2.11. The molecule has 0 N–H and O–H groups in total. The molecule has 0 spiro atoms. The molecular weight excluding hydrogens is 591 g/mol. The van der Waals surface area contributed by atoms with E-state index in [0.717, 1.165) is 12.8 Å². The van der Waals surface area contributed by atoms with Gasteiger partial charge in [0.25, 0.3) is 0 Å². The SMILES string of the molecule is C1=CC(c2cccc(-c3ccccc3)c2)Cc2c1n(C1=CC(c3ccccc3)CCC1)c1ccc(-c3cccc(-c4ccccc4)c3)cc21. The van der Waals surface area contributed by atoms with Crippen LogP contribution in [0.5, 0.6) is 0 Å². The summed E-state index contributed by atoms with van der Waals surface area (Å²) in [5.41, 5.74) is 15.9. The Morgan fingerprint density at radius 3 is 1.82 bits per heavy atom. The molecule has 2 unspecified atom stereocenters. The molecule has 0 aliphatic heterocycles. The summed E-state index contributed by atoms with van der Waals surface area (Å²) in [5, 5.41) is 1.37. The second kappa shape index (κ2) is 12.7. The number of benzene rings is 6. The first-order chi connectivity index (χ1) is 24.3. The van der Waals surface area contributed by atoms with Gasteiger partial charge in [0, 0.05) is 28.6 Å². The van der Waals surface area contributed by atoms with Gasteiger partial charge in [-0.1, -0.05) is 152 Å². The third-order valence-electron chi connectivity index (χ3n) is 10.6. The summed E-state index contributed by atoms with van der Waals surface area (Å²) in [6, 6.07) is 57.8. The number of nitrogens with zero attached hydrogens (tertiary/aromatic N) is 1. The van der Waals surface area contributed by atoms with Crippen LogP contribution < -0.4 is 0 Å². The molecule has 0 bridgehead atoms. The van der Waals surface area contributed by atoms with E-state index in [1.54, 1.807) is 0 Å². The summed E-state index contributed by atoms with van der Waals surface area (Å²) in [6.07, 6.45) is 11.9. The molecule has 0 saturated carbocycles. The minimum Gasteiger partial charge on any atom is -0.314 e. The Kier molecular flexibility index (Phi) is 7.67. The second-order valence-corrected chi connectivity index (χ2v) is 13.6. The molecule has 0 radical (unpaired) electrons. The fourth-order valence-electron chi connectivity index (χ4n) is 8.12. The van der Waals surface area contributed by atoms with Gasteiger partial charge in [-0.2, -0.15) is 0 Å². The molecule has 2 atom stereocenters. The molecule has 1 heterocycles. The molecule has 1 heteroatoms. The number of hydrogen-bond acceptors (Lipinski definition) is 0. The Hall–Kier alpha value is -5.66. The van der Waals surface area contributed by atoms with E-state index in [9.17, 15) is 0 Å². The highest BCUT2D eigenvalue weighted by Crippen LogP contribution is 2.43. The molecular formula is C48H39N. The molecule has 0 fully saturated rings. The van der Waals surface area contributed by atoms with Gasteiger partial charge in [-0.15, -0.1) is 0 Å². The molecule has 0 amide bonds. The van der Waals surface area contributed by atoms with Crippen LogP contribution in [0.25, 0.3) is 56.1 Å². The summed E-state index contributed by atoms with van der Waals surface area (Å²) < 4.78 is 2.59. The molecule has 0 saturated heterocycles. The average Bonchev–Trinajstić information content (AvgIpc) is 3.52. The zero-order valence-corrected chi connectivity index (χ0v) is 27.7. The van der Waals surface area contributed by atoms with Gasteiger partial charge in [-0.05, 0) is 100 Å². The molecule has 1 aromatic heterocycles. The van der Waals surface area contributed by atoms with Crippen LogP contribution in [-0.4, -0.2) is 4.57 Å². The van der Waals surface area contributed by atoms with Crippen molar-refractivity contribution in [2.75, 3.05) is 0 Å². The highest BCUT2D eigenvalue weighted by molar-refractivity contribution is 5.95. The van der Waals surface area contributed by atoms with Crippen LogP contribution >= 0.6 is 0 Å². The first-order valence-corrected chi connectivity index (χ1v) is 17.7. The largest absolute Gasteiger partial charge is 0.314 e. The van der Waals surface area contributed by atoms with Crippen molar-refractivity contribution in [2.24, 2.45) is 0 Å². The van der Waals surface area contributed by atoms with Gasteiger partial charge in [-0.25, -0.2) is 0 Å². The Morgan fingerprint density at radius 1 is 0.490 bits per heavy atom. The molecule has 6 aromatic carbocycles. The lowest BCUT2D eigenvalue weighted by atomic mass is 9.85. The van der Waals surface area contributed by atoms with Crippen molar-refractivity contribution in [1.82, 2.24) is 4.57 Å². The standard InChI is InChI=1S/C48H39N/c1-4-13-34(14-5-1)37-19-10-21-39(29-37)42-25-27-47-45(32-42)46-33-43(40-22-11-20-38(30-40)35-15-6-2-7-16-35)26-28-48(46)49(47)44-24-12-23-41(31-44)36-17-8-3-9-18-36/h1-11,13-22,25-32,41,43H,12,23-24,33H2. The maximum absolute atomic E-state index is 2.59. The van der Waals surface area contributed by atoms with Gasteiger partial charge in [0.05, 0.1) is 5.52 Å².